The van der Waals surface area contributed by atoms with Gasteiger partial charge in [0.25, 0.3) is 0 Å². The molecule has 0 aliphatic rings. The van der Waals surface area contributed by atoms with Crippen LogP contribution in [0.3, 0.4) is 0 Å². The minimum absolute atomic E-state index is 0.0467. The first kappa shape index (κ1) is 37.3. The average Bonchev–Trinajstić information content (AvgIpc) is 2.85. The highest BCUT2D eigenvalue weighted by Crippen LogP contribution is 2.22. The molecule has 0 unspecified atom stereocenters. The lowest BCUT2D eigenvalue weighted by Gasteiger charge is -2.06. The number of rotatable bonds is 28. The Morgan fingerprint density at radius 3 is 1.74 bits per heavy atom. The third-order valence-electron chi connectivity index (χ3n) is 2.91. The fourth-order valence-electron chi connectivity index (χ4n) is 1.52. The second-order valence-corrected chi connectivity index (χ2v) is 17.6. The van der Waals surface area contributed by atoms with Crippen molar-refractivity contribution in [2.24, 2.45) is 0 Å². The van der Waals surface area contributed by atoms with Gasteiger partial charge in [-0.3, -0.25) is 9.59 Å². The molecular weight excluding hydrogens is 649 g/mol. The number of thioether (sulfide) groups is 10. The average molecular weight is 683 g/mol. The van der Waals surface area contributed by atoms with Crippen LogP contribution in [0.15, 0.2) is 0 Å². The Balaban J connectivity index is 3.22. The lowest BCUT2D eigenvalue weighted by atomic mass is 10.8. The van der Waals surface area contributed by atoms with E-state index >= 15 is 0 Å². The first-order valence-corrected chi connectivity index (χ1v) is 21.8. The zero-order chi connectivity index (χ0) is 25.7. The van der Waals surface area contributed by atoms with E-state index in [0.717, 1.165) is 36.3 Å². The molecule has 35 heavy (non-hydrogen) atoms. The lowest BCUT2D eigenvalue weighted by molar-refractivity contribution is -0.274. The number of esters is 2. The first-order valence-electron chi connectivity index (χ1n) is 10.1. The van der Waals surface area contributed by atoms with Gasteiger partial charge in [-0.15, -0.1) is 106 Å². The number of hydrogen-bond acceptors (Lipinski definition) is 17. The normalized spacial score (nSPS) is 11.0. The van der Waals surface area contributed by atoms with Gasteiger partial charge in [-0.25, -0.2) is 9.78 Å². The Kier molecular flexibility index (Phi) is 34.7. The maximum Gasteiger partial charge on any atom is 0.316 e. The number of carbonyl (C=O) groups excluding carboxylic acids is 2. The summed E-state index contributed by atoms with van der Waals surface area (Å²) >= 11 is 16.6. The molecule has 1 N–H and O–H groups in total. The lowest BCUT2D eigenvalue weighted by Crippen LogP contribution is -2.10. The van der Waals surface area contributed by atoms with Crippen molar-refractivity contribution in [3.8, 4) is 0 Å². The van der Waals surface area contributed by atoms with Crippen LogP contribution >= 0.6 is 118 Å². The second kappa shape index (κ2) is 32.5. The summed E-state index contributed by atoms with van der Waals surface area (Å²) < 4.78 is 10.3. The van der Waals surface area contributed by atoms with Crippen molar-refractivity contribution in [1.29, 1.82) is 0 Å². The smallest absolute Gasteiger partial charge is 0.316 e. The van der Waals surface area contributed by atoms with Crippen LogP contribution in [0.4, 0.5) is 0 Å². The summed E-state index contributed by atoms with van der Waals surface area (Å²) in [7, 11) is 0. The molecular formula is C18H34O7S10. The Morgan fingerprint density at radius 2 is 1.14 bits per heavy atom. The fraction of sp³-hybridized carbons (Fsp3) is 0.889. The summed E-state index contributed by atoms with van der Waals surface area (Å²) in [5.41, 5.74) is 0. The number of carbonyl (C=O) groups is 2. The Bertz CT molecular complexity index is 483. The molecule has 0 spiro atoms. The maximum absolute atomic E-state index is 11.7. The van der Waals surface area contributed by atoms with E-state index in [0.29, 0.717) is 42.4 Å². The van der Waals surface area contributed by atoms with Gasteiger partial charge in [-0.1, -0.05) is 0 Å². The van der Waals surface area contributed by atoms with E-state index in [4.69, 9.17) is 24.4 Å². The molecule has 0 aliphatic carbocycles. The van der Waals surface area contributed by atoms with E-state index in [1.807, 2.05) is 29.8 Å². The Labute approximate surface area is 252 Å². The van der Waals surface area contributed by atoms with Crippen LogP contribution in [0.5, 0.6) is 0 Å². The summed E-state index contributed by atoms with van der Waals surface area (Å²) in [4.78, 5) is 33.3. The van der Waals surface area contributed by atoms with E-state index in [1.165, 1.54) is 23.5 Å². The summed E-state index contributed by atoms with van der Waals surface area (Å²) in [5, 5.41) is 14.1. The minimum Gasteiger partial charge on any atom is -0.464 e. The monoisotopic (exact) mass is 682 g/mol. The molecule has 0 radical (unpaired) electrons. The third-order valence-corrected chi connectivity index (χ3v) is 13.6. The highest BCUT2D eigenvalue weighted by Gasteiger charge is 2.05. The molecule has 0 bridgehead atoms. The number of aliphatic hydroxyl groups excluding tert-OH is 1. The zero-order valence-electron chi connectivity index (χ0n) is 19.6. The highest BCUT2D eigenvalue weighted by atomic mass is 32.3. The van der Waals surface area contributed by atoms with Crippen LogP contribution in [-0.2, 0) is 28.8 Å². The summed E-state index contributed by atoms with van der Waals surface area (Å²) in [6.07, 6.45) is 2.04. The van der Waals surface area contributed by atoms with Crippen LogP contribution in [-0.4, -0.2) is 108 Å². The Morgan fingerprint density at radius 1 is 0.600 bits per heavy atom. The highest BCUT2D eigenvalue weighted by molar-refractivity contribution is 8.26. The first-order chi connectivity index (χ1) is 17.2. The van der Waals surface area contributed by atoms with Crippen LogP contribution in [0.2, 0.25) is 0 Å². The zero-order valence-corrected chi connectivity index (χ0v) is 27.8. The van der Waals surface area contributed by atoms with Crippen molar-refractivity contribution < 1.29 is 33.9 Å². The van der Waals surface area contributed by atoms with Crippen molar-refractivity contribution in [1.82, 2.24) is 0 Å². The van der Waals surface area contributed by atoms with Crippen molar-refractivity contribution >= 4 is 130 Å². The number of aliphatic hydroxyl groups is 1. The quantitative estimate of drug-likeness (QED) is 0.0365. The summed E-state index contributed by atoms with van der Waals surface area (Å²) in [6.45, 7) is 0.967. The topological polar surface area (TPSA) is 91.3 Å². The van der Waals surface area contributed by atoms with Crippen molar-refractivity contribution in [3.63, 3.8) is 0 Å². The Hall–Kier alpha value is 2.32. The van der Waals surface area contributed by atoms with Gasteiger partial charge in [-0.05, 0) is 6.26 Å². The van der Waals surface area contributed by atoms with Gasteiger partial charge in [0.2, 0.25) is 0 Å². The van der Waals surface area contributed by atoms with E-state index in [1.54, 1.807) is 70.6 Å². The van der Waals surface area contributed by atoms with Gasteiger partial charge < -0.3 is 14.6 Å². The molecule has 0 saturated heterocycles. The van der Waals surface area contributed by atoms with Gasteiger partial charge in [0.05, 0.1) is 24.1 Å². The molecule has 0 amide bonds. The van der Waals surface area contributed by atoms with E-state index < -0.39 is 0 Å². The molecule has 0 rings (SSSR count). The van der Waals surface area contributed by atoms with Crippen molar-refractivity contribution in [3.05, 3.63) is 0 Å². The largest absolute Gasteiger partial charge is 0.464 e. The third kappa shape index (κ3) is 32.4. The van der Waals surface area contributed by atoms with Crippen LogP contribution in [0.1, 0.15) is 0 Å². The number of hydrogen-bond donors (Lipinski definition) is 1. The molecule has 0 aromatic carbocycles. The van der Waals surface area contributed by atoms with Crippen LogP contribution < -0.4 is 0 Å². The summed E-state index contributed by atoms with van der Waals surface area (Å²) in [5.74, 6) is 2.89. The van der Waals surface area contributed by atoms with Gasteiger partial charge in [-0.2, -0.15) is 11.8 Å². The molecule has 0 atom stereocenters. The fourth-order valence-corrected chi connectivity index (χ4v) is 10.5. The molecule has 0 heterocycles. The minimum atomic E-state index is -0.213. The molecule has 17 heteroatoms. The van der Waals surface area contributed by atoms with Gasteiger partial charge in [0.15, 0.2) is 0 Å². The molecule has 0 aromatic heterocycles. The molecule has 0 aliphatic heterocycles. The van der Waals surface area contributed by atoms with Crippen LogP contribution in [0, 0.1) is 0 Å². The number of ether oxygens (including phenoxy) is 2. The van der Waals surface area contributed by atoms with E-state index in [9.17, 15) is 9.59 Å². The molecule has 208 valence electrons. The van der Waals surface area contributed by atoms with Gasteiger partial charge in [0, 0.05) is 42.0 Å². The van der Waals surface area contributed by atoms with Crippen molar-refractivity contribution in [2.45, 2.75) is 0 Å². The molecule has 7 nitrogen and oxygen atoms in total. The molecule has 0 fully saturated rings. The van der Waals surface area contributed by atoms with Crippen LogP contribution in [0.25, 0.3) is 0 Å². The maximum atomic E-state index is 11.7. The van der Waals surface area contributed by atoms with E-state index in [2.05, 4.69) is 0 Å². The van der Waals surface area contributed by atoms with Gasteiger partial charge in [0.1, 0.15) is 18.5 Å². The second-order valence-electron chi connectivity index (χ2n) is 5.57. The predicted octanol–water partition coefficient (Wildman–Crippen LogP) is 5.59. The SMILES string of the molecule is CSCCOOCSCSCSCSCOC(=O)CSCSCSCSCC(=O)OCCSCO. The standard InChI is InChI=1S/C18H34O7S10/c1-26-4-3-24-25-10-31-14-35-16-34-13-30-9-23-18(21)7-29-12-33-15-32-11-28-6-17(20)22-2-5-27-8-19/h19H,2-16H2,1H3. The molecule has 0 aromatic rings. The van der Waals surface area contributed by atoms with Crippen molar-refractivity contribution in [2.75, 3.05) is 90.8 Å². The molecule has 0 saturated carbocycles. The summed E-state index contributed by atoms with van der Waals surface area (Å²) in [6, 6.07) is 0. The van der Waals surface area contributed by atoms with Gasteiger partial charge >= 0.3 is 11.9 Å². The van der Waals surface area contributed by atoms with E-state index in [-0.39, 0.29) is 17.9 Å². The predicted molar refractivity (Wildman–Crippen MR) is 171 cm³/mol.